The second-order valence-electron chi connectivity index (χ2n) is 7.01. The van der Waals surface area contributed by atoms with E-state index in [-0.39, 0.29) is 30.2 Å². The van der Waals surface area contributed by atoms with Gasteiger partial charge in [-0.15, -0.1) is 0 Å². The number of nitrogens with zero attached hydrogens (tertiary/aromatic N) is 1. The molecule has 2 N–H and O–H groups in total. The van der Waals surface area contributed by atoms with Gasteiger partial charge in [0.25, 0.3) is 5.56 Å². The fourth-order valence-electron chi connectivity index (χ4n) is 3.31. The third kappa shape index (κ3) is 4.95. The smallest absolute Gasteiger partial charge is 0.251 e. The summed E-state index contributed by atoms with van der Waals surface area (Å²) in [6, 6.07) is 7.22. The summed E-state index contributed by atoms with van der Waals surface area (Å²) in [6.45, 7) is 3.00. The van der Waals surface area contributed by atoms with Crippen LogP contribution in [0.5, 0.6) is 0 Å². The first-order chi connectivity index (χ1) is 12.8. The highest BCUT2D eigenvalue weighted by Crippen LogP contribution is 2.15. The number of carbonyl (C=O) groups excluding carboxylic acids is 1. The number of hydrogen-bond acceptors (Lipinski definition) is 4. The van der Waals surface area contributed by atoms with E-state index in [4.69, 9.17) is 0 Å². The van der Waals surface area contributed by atoms with Crippen LogP contribution in [-0.4, -0.2) is 49.0 Å². The van der Waals surface area contributed by atoms with E-state index in [1.807, 2.05) is 6.07 Å². The van der Waals surface area contributed by atoms with Crippen LogP contribution in [-0.2, 0) is 21.2 Å². The molecule has 1 aromatic carbocycles. The van der Waals surface area contributed by atoms with Crippen LogP contribution in [0.2, 0.25) is 0 Å². The summed E-state index contributed by atoms with van der Waals surface area (Å²) in [5.74, 6) is -0.291. The number of hydrogen-bond donors (Lipinski definition) is 2. The lowest BCUT2D eigenvalue weighted by Crippen LogP contribution is -2.40. The number of H-pyrrole nitrogens is 1. The van der Waals surface area contributed by atoms with Crippen LogP contribution in [0.3, 0.4) is 0 Å². The molecule has 7 nitrogen and oxygen atoms in total. The Balaban J connectivity index is 1.55. The predicted octanol–water partition coefficient (Wildman–Crippen LogP) is 1.31. The topological polar surface area (TPSA) is 99.3 Å². The first-order valence-corrected chi connectivity index (χ1v) is 10.8. The van der Waals surface area contributed by atoms with Crippen molar-refractivity contribution in [1.82, 2.24) is 14.6 Å². The Kier molecular flexibility index (Phi) is 5.96. The largest absolute Gasteiger partial charge is 0.355 e. The number of carbonyl (C=O) groups is 1. The maximum absolute atomic E-state index is 12.3. The maximum atomic E-state index is 12.3. The molecule has 27 heavy (non-hydrogen) atoms. The van der Waals surface area contributed by atoms with Gasteiger partial charge in [-0.1, -0.05) is 12.5 Å². The van der Waals surface area contributed by atoms with Crippen molar-refractivity contribution in [2.75, 3.05) is 25.4 Å². The molecule has 1 aliphatic heterocycles. The molecule has 0 radical (unpaired) electrons. The van der Waals surface area contributed by atoms with Gasteiger partial charge in [0.15, 0.2) is 0 Å². The summed E-state index contributed by atoms with van der Waals surface area (Å²) in [7, 11) is -3.30. The third-order valence-electron chi connectivity index (χ3n) is 4.85. The molecule has 0 unspecified atom stereocenters. The Morgan fingerprint density at radius 3 is 2.67 bits per heavy atom. The van der Waals surface area contributed by atoms with Gasteiger partial charge in [0.2, 0.25) is 15.9 Å². The molecule has 1 fully saturated rings. The van der Waals surface area contributed by atoms with Crippen LogP contribution in [0.4, 0.5) is 0 Å². The monoisotopic (exact) mass is 391 g/mol. The Morgan fingerprint density at radius 2 is 1.93 bits per heavy atom. The molecule has 3 rings (SSSR count). The molecule has 2 aromatic rings. The number of benzene rings is 1. The average molecular weight is 391 g/mol. The van der Waals surface area contributed by atoms with E-state index >= 15 is 0 Å². The standard InChI is InChI=1S/C19H25N3O4S/c1-14-11-16-12-15(5-6-17(16)21-19(14)24)13-18(23)20-7-10-27(25,26)22-8-3-2-4-9-22/h5-6,11-12H,2-4,7-10,13H2,1H3,(H,20,23)(H,21,24). The van der Waals surface area contributed by atoms with Crippen LogP contribution >= 0.6 is 0 Å². The predicted molar refractivity (Wildman–Crippen MR) is 105 cm³/mol. The lowest BCUT2D eigenvalue weighted by atomic mass is 10.1. The lowest BCUT2D eigenvalue weighted by Gasteiger charge is -2.25. The van der Waals surface area contributed by atoms with Crippen molar-refractivity contribution >= 4 is 26.8 Å². The second-order valence-corrected chi connectivity index (χ2v) is 9.09. The Bertz CT molecular complexity index is 992. The molecule has 1 aromatic heterocycles. The summed E-state index contributed by atoms with van der Waals surface area (Å²) in [5, 5.41) is 3.56. The first-order valence-electron chi connectivity index (χ1n) is 9.22. The summed E-state index contributed by atoms with van der Waals surface area (Å²) in [6.07, 6.45) is 3.04. The van der Waals surface area contributed by atoms with Crippen molar-refractivity contribution in [3.8, 4) is 0 Å². The average Bonchev–Trinajstić information content (AvgIpc) is 2.63. The number of aromatic nitrogens is 1. The Hall–Kier alpha value is -2.19. The van der Waals surface area contributed by atoms with Gasteiger partial charge in [0.1, 0.15) is 0 Å². The van der Waals surface area contributed by atoms with Crippen molar-refractivity contribution in [1.29, 1.82) is 0 Å². The number of amides is 1. The second kappa shape index (κ2) is 8.22. The summed E-state index contributed by atoms with van der Waals surface area (Å²) >= 11 is 0. The zero-order chi connectivity index (χ0) is 19.4. The molecule has 2 heterocycles. The molecule has 0 bridgehead atoms. The highest BCUT2D eigenvalue weighted by Gasteiger charge is 2.23. The van der Waals surface area contributed by atoms with Crippen LogP contribution in [0.25, 0.3) is 10.9 Å². The van der Waals surface area contributed by atoms with Crippen molar-refractivity contribution in [2.24, 2.45) is 0 Å². The van der Waals surface area contributed by atoms with E-state index in [1.165, 1.54) is 4.31 Å². The highest BCUT2D eigenvalue weighted by atomic mass is 32.2. The van der Waals surface area contributed by atoms with Gasteiger partial charge in [-0.25, -0.2) is 12.7 Å². The van der Waals surface area contributed by atoms with E-state index in [1.54, 1.807) is 25.1 Å². The van der Waals surface area contributed by atoms with Crippen LogP contribution < -0.4 is 10.9 Å². The van der Waals surface area contributed by atoms with Crippen LogP contribution in [0, 0.1) is 6.92 Å². The van der Waals surface area contributed by atoms with Crippen molar-refractivity contribution in [3.05, 3.63) is 45.7 Å². The van der Waals surface area contributed by atoms with Crippen molar-refractivity contribution in [3.63, 3.8) is 0 Å². The van der Waals surface area contributed by atoms with E-state index in [0.717, 1.165) is 35.7 Å². The quantitative estimate of drug-likeness (QED) is 0.775. The van der Waals surface area contributed by atoms with E-state index in [2.05, 4.69) is 10.3 Å². The summed E-state index contributed by atoms with van der Waals surface area (Å²) in [5.41, 5.74) is 2.03. The summed E-state index contributed by atoms with van der Waals surface area (Å²) in [4.78, 5) is 26.6. The first kappa shape index (κ1) is 19.6. The number of fused-ring (bicyclic) bond motifs is 1. The van der Waals surface area contributed by atoms with Gasteiger partial charge in [0, 0.05) is 30.7 Å². The Labute approximate surface area is 158 Å². The lowest BCUT2D eigenvalue weighted by molar-refractivity contribution is -0.120. The number of rotatable bonds is 6. The number of sulfonamides is 1. The molecule has 146 valence electrons. The normalized spacial score (nSPS) is 15.7. The third-order valence-corrected chi connectivity index (χ3v) is 6.72. The van der Waals surface area contributed by atoms with Gasteiger partial charge in [-0.05, 0) is 48.9 Å². The van der Waals surface area contributed by atoms with Gasteiger partial charge in [-0.2, -0.15) is 0 Å². The molecule has 1 aliphatic rings. The van der Waals surface area contributed by atoms with Crippen molar-refractivity contribution < 1.29 is 13.2 Å². The van der Waals surface area contributed by atoms with E-state index < -0.39 is 10.0 Å². The number of pyridine rings is 1. The molecule has 0 saturated carbocycles. The number of aromatic amines is 1. The minimum atomic E-state index is -3.30. The molecule has 1 amide bonds. The minimum Gasteiger partial charge on any atom is -0.355 e. The van der Waals surface area contributed by atoms with Gasteiger partial charge < -0.3 is 10.3 Å². The molecular formula is C19H25N3O4S. The zero-order valence-corrected chi connectivity index (χ0v) is 16.3. The fraction of sp³-hybridized carbons (Fsp3) is 0.474. The van der Waals surface area contributed by atoms with Gasteiger partial charge >= 0.3 is 0 Å². The number of nitrogens with one attached hydrogen (secondary N) is 2. The minimum absolute atomic E-state index is 0.0725. The van der Waals surface area contributed by atoms with E-state index in [0.29, 0.717) is 18.7 Å². The van der Waals surface area contributed by atoms with Gasteiger partial charge in [0.05, 0.1) is 12.2 Å². The fourth-order valence-corrected chi connectivity index (χ4v) is 4.75. The van der Waals surface area contributed by atoms with Crippen LogP contribution in [0.1, 0.15) is 30.4 Å². The highest BCUT2D eigenvalue weighted by molar-refractivity contribution is 7.89. The SMILES string of the molecule is Cc1cc2cc(CC(=O)NCCS(=O)(=O)N3CCCCC3)ccc2[nH]c1=O. The molecule has 8 heteroatoms. The Morgan fingerprint density at radius 1 is 1.19 bits per heavy atom. The molecule has 0 atom stereocenters. The maximum Gasteiger partial charge on any atom is 0.251 e. The summed E-state index contributed by atoms with van der Waals surface area (Å²) < 4.78 is 26.1. The zero-order valence-electron chi connectivity index (χ0n) is 15.5. The van der Waals surface area contributed by atoms with Gasteiger partial charge in [-0.3, -0.25) is 9.59 Å². The molecular weight excluding hydrogens is 366 g/mol. The molecule has 0 aliphatic carbocycles. The van der Waals surface area contributed by atoms with Crippen LogP contribution in [0.15, 0.2) is 29.1 Å². The van der Waals surface area contributed by atoms with Crippen molar-refractivity contribution in [2.45, 2.75) is 32.6 Å². The molecule has 0 spiro atoms. The van der Waals surface area contributed by atoms with E-state index in [9.17, 15) is 18.0 Å². The number of piperidine rings is 1. The molecule has 1 saturated heterocycles. The number of aryl methyl sites for hydroxylation is 1.